The number of ether oxygens (including phenoxy) is 2. The highest BCUT2D eigenvalue weighted by Gasteiger charge is 2.21. The fourth-order valence-electron chi connectivity index (χ4n) is 3.13. The van der Waals surface area contributed by atoms with Crippen molar-refractivity contribution in [3.63, 3.8) is 0 Å². The number of para-hydroxylation sites is 3. The summed E-state index contributed by atoms with van der Waals surface area (Å²) in [6.45, 7) is -3.11. The van der Waals surface area contributed by atoms with E-state index >= 15 is 0 Å². The van der Waals surface area contributed by atoms with E-state index in [1.54, 1.807) is 24.3 Å². The zero-order valence-electron chi connectivity index (χ0n) is 25.9. The number of carbonyl (C=O) groups excluding carboxylic acids is 1. The zero-order valence-corrected chi connectivity index (χ0v) is 17.9. The molecule has 7 heteroatoms. The van der Waals surface area contributed by atoms with Crippen LogP contribution in [-0.4, -0.2) is 79.8 Å². The van der Waals surface area contributed by atoms with Gasteiger partial charge in [0.25, 0.3) is 0 Å². The molecule has 7 nitrogen and oxygen atoms in total. The number of hydrogen-bond acceptors (Lipinski definition) is 6. The lowest BCUT2D eigenvalue weighted by Crippen LogP contribution is -2.50. The van der Waals surface area contributed by atoms with Crippen molar-refractivity contribution in [2.24, 2.45) is 0 Å². The van der Waals surface area contributed by atoms with Crippen molar-refractivity contribution in [3.05, 3.63) is 53.5 Å². The maximum atomic E-state index is 13.0. The number of β-amino-alcohol motifs (C(OH)–C–C–N with tert-alkyl or cyclic N) is 1. The summed E-state index contributed by atoms with van der Waals surface area (Å²) in [4.78, 5) is 15.4. The quantitative estimate of drug-likeness (QED) is 0.630. The molecule has 0 spiro atoms. The molecule has 1 fully saturated rings. The Hall–Kier alpha value is -2.61. The molecule has 1 amide bonds. The van der Waals surface area contributed by atoms with Gasteiger partial charge in [0.1, 0.15) is 12.7 Å². The van der Waals surface area contributed by atoms with Gasteiger partial charge in [-0.25, -0.2) is 0 Å². The van der Waals surface area contributed by atoms with E-state index in [1.165, 1.54) is 30.8 Å². The molecule has 0 saturated carbocycles. The molecule has 2 aromatic carbocycles. The van der Waals surface area contributed by atoms with E-state index in [1.807, 2.05) is 0 Å². The molecule has 1 atom stereocenters. The molecule has 0 radical (unpaired) electrons. The summed E-state index contributed by atoms with van der Waals surface area (Å²) in [5, 5.41) is 13.2. The van der Waals surface area contributed by atoms with Crippen molar-refractivity contribution in [3.8, 4) is 11.5 Å². The van der Waals surface area contributed by atoms with Gasteiger partial charge in [-0.1, -0.05) is 30.3 Å². The Morgan fingerprint density at radius 3 is 2.45 bits per heavy atom. The third-order valence-corrected chi connectivity index (χ3v) is 4.75. The van der Waals surface area contributed by atoms with Crippen LogP contribution in [0.2, 0.25) is 0 Å². The normalized spacial score (nSPS) is 21.7. The molecule has 1 aliphatic rings. The predicted octanol–water partition coefficient (Wildman–Crippen LogP) is 2.31. The molecule has 2 N–H and O–H groups in total. The summed E-state index contributed by atoms with van der Waals surface area (Å²) in [6, 6.07) is 5.84. The minimum atomic E-state index is -2.69. The summed E-state index contributed by atoms with van der Waals surface area (Å²) in [5.41, 5.74) is 0.612. The van der Waals surface area contributed by atoms with E-state index in [2.05, 4.69) is 5.32 Å². The van der Waals surface area contributed by atoms with Crippen molar-refractivity contribution in [1.82, 2.24) is 9.80 Å². The fraction of sp³-hybridized carbons (Fsp3) is 0.458. The molecule has 1 heterocycles. The minimum Gasteiger partial charge on any atom is -0.493 e. The summed E-state index contributed by atoms with van der Waals surface area (Å²) in [6.07, 6.45) is -2.69. The second-order valence-electron chi connectivity index (χ2n) is 7.04. The van der Waals surface area contributed by atoms with Gasteiger partial charge in [0.15, 0.2) is 11.5 Å². The van der Waals surface area contributed by atoms with E-state index in [9.17, 15) is 9.90 Å². The number of piperazine rings is 1. The topological polar surface area (TPSA) is 74.3 Å². The summed E-state index contributed by atoms with van der Waals surface area (Å²) in [5.74, 6) is -0.422. The SMILES string of the molecule is [2H]c1c([2H])c(C)c(NC(=O)C([2H])([2H])N2CCN(C([2H])([2H])C([2H])(O)COc3ccccc3OC)CC2)c(C)c1[2H]. The number of aliphatic hydroxyl groups is 1. The number of methoxy groups -OCH3 is 1. The second-order valence-corrected chi connectivity index (χ2v) is 7.04. The number of rotatable bonds is 9. The van der Waals surface area contributed by atoms with Gasteiger partial charge in [-0.05, 0) is 37.1 Å². The Kier molecular flexibility index (Phi) is 5.19. The first-order valence-corrected chi connectivity index (χ1v) is 9.93. The van der Waals surface area contributed by atoms with Crippen molar-refractivity contribution in [2.45, 2.75) is 19.9 Å². The van der Waals surface area contributed by atoms with Crippen LogP contribution in [0, 0.1) is 13.8 Å². The lowest BCUT2D eigenvalue weighted by atomic mass is 10.1. The van der Waals surface area contributed by atoms with E-state index in [4.69, 9.17) is 20.4 Å². The van der Waals surface area contributed by atoms with Gasteiger partial charge < -0.3 is 19.9 Å². The van der Waals surface area contributed by atoms with Crippen LogP contribution < -0.4 is 14.8 Å². The first-order valence-electron chi connectivity index (χ1n) is 13.9. The van der Waals surface area contributed by atoms with Crippen LogP contribution in [0.5, 0.6) is 11.5 Å². The Morgan fingerprint density at radius 1 is 1.19 bits per heavy atom. The number of carbonyl (C=O) groups is 1. The summed E-state index contributed by atoms with van der Waals surface area (Å²) < 4.78 is 76.5. The average molecular weight is 436 g/mol. The highest BCUT2D eigenvalue weighted by atomic mass is 16.5. The van der Waals surface area contributed by atoms with Gasteiger partial charge in [-0.3, -0.25) is 14.6 Å². The molecule has 0 aliphatic carbocycles. The molecule has 1 unspecified atom stereocenters. The average Bonchev–Trinajstić information content (AvgIpc) is 2.91. The highest BCUT2D eigenvalue weighted by Crippen LogP contribution is 2.25. The molecular formula is C24H33N3O4. The molecular weight excluding hydrogens is 394 g/mol. The molecule has 2 aromatic rings. The zero-order chi connectivity index (χ0) is 29.3. The van der Waals surface area contributed by atoms with E-state index in [0.29, 0.717) is 5.75 Å². The number of benzene rings is 2. The van der Waals surface area contributed by atoms with Crippen LogP contribution in [0.3, 0.4) is 0 Å². The van der Waals surface area contributed by atoms with E-state index in [0.717, 1.165) is 0 Å². The fourth-order valence-corrected chi connectivity index (χ4v) is 3.13. The monoisotopic (exact) mass is 435 g/mol. The van der Waals surface area contributed by atoms with Gasteiger partial charge in [0.2, 0.25) is 5.91 Å². The Morgan fingerprint density at radius 2 is 1.81 bits per heavy atom. The number of hydrogen-bond donors (Lipinski definition) is 2. The smallest absolute Gasteiger partial charge is 0.238 e. The van der Waals surface area contributed by atoms with Gasteiger partial charge in [0, 0.05) is 41.1 Å². The van der Waals surface area contributed by atoms with Crippen LogP contribution in [0.1, 0.15) is 22.1 Å². The molecule has 0 bridgehead atoms. The van der Waals surface area contributed by atoms with Crippen LogP contribution in [0.15, 0.2) is 42.4 Å². The number of anilines is 1. The van der Waals surface area contributed by atoms with Gasteiger partial charge >= 0.3 is 0 Å². The first kappa shape index (κ1) is 14.5. The Balaban J connectivity index is 1.67. The Bertz CT molecular complexity index is 1190. The minimum absolute atomic E-state index is 0.0830. The largest absolute Gasteiger partial charge is 0.493 e. The lowest BCUT2D eigenvalue weighted by molar-refractivity contribution is -0.117. The number of nitrogens with one attached hydrogen (secondary N) is 1. The van der Waals surface area contributed by atoms with Crippen molar-refractivity contribution in [2.75, 3.05) is 58.2 Å². The van der Waals surface area contributed by atoms with Crippen molar-refractivity contribution >= 4 is 11.6 Å². The molecule has 0 aromatic heterocycles. The van der Waals surface area contributed by atoms with Crippen LogP contribution >= 0.6 is 0 Å². The summed E-state index contributed by atoms with van der Waals surface area (Å²) >= 11 is 0. The predicted molar refractivity (Wildman–Crippen MR) is 122 cm³/mol. The van der Waals surface area contributed by atoms with Crippen molar-refractivity contribution < 1.29 is 30.3 Å². The van der Waals surface area contributed by atoms with Gasteiger partial charge in [-0.2, -0.15) is 0 Å². The van der Waals surface area contributed by atoms with Gasteiger partial charge in [-0.15, -0.1) is 0 Å². The van der Waals surface area contributed by atoms with E-state index < -0.39 is 31.6 Å². The summed E-state index contributed by atoms with van der Waals surface area (Å²) in [7, 11) is 1.43. The third-order valence-electron chi connectivity index (χ3n) is 4.75. The third kappa shape index (κ3) is 6.69. The lowest BCUT2D eigenvalue weighted by Gasteiger charge is -2.35. The molecule has 31 heavy (non-hydrogen) atoms. The molecule has 3 rings (SSSR count). The van der Waals surface area contributed by atoms with Crippen LogP contribution in [0.4, 0.5) is 5.69 Å². The maximum absolute atomic E-state index is 13.0. The molecule has 1 aliphatic heterocycles. The molecule has 168 valence electrons. The number of amides is 1. The van der Waals surface area contributed by atoms with Crippen molar-refractivity contribution in [1.29, 1.82) is 0 Å². The maximum Gasteiger partial charge on any atom is 0.238 e. The van der Waals surface area contributed by atoms with E-state index in [-0.39, 0.29) is 66.9 Å². The standard InChI is InChI=1S/C24H33N3O4/c1-18-7-6-8-19(2)24(18)25-23(29)16-27-13-11-26(12-14-27)15-20(28)17-31-22-10-5-4-9-21(22)30-3/h4-10,20,28H,11-17H2,1-3H3,(H,25,29)/i6D,7D,8D,15D2,16D2,20D. The number of nitrogens with zero attached hydrogens (tertiary/aromatic N) is 2. The van der Waals surface area contributed by atoms with Gasteiger partial charge in [0.05, 0.1) is 21.8 Å². The molecule has 1 saturated heterocycles. The second kappa shape index (κ2) is 11.1. The highest BCUT2D eigenvalue weighted by molar-refractivity contribution is 5.93. The first-order chi connectivity index (χ1) is 18.1. The van der Waals surface area contributed by atoms with Crippen LogP contribution in [0.25, 0.3) is 0 Å². The van der Waals surface area contributed by atoms with Crippen LogP contribution in [-0.2, 0) is 4.79 Å². The Labute approximate surface area is 195 Å².